The molecular weight excluding hydrogens is 366 g/mol. The molecule has 3 rings (SSSR count). The molecule has 1 saturated carbocycles. The number of anilines is 1. The normalized spacial score (nSPS) is 18.0. The van der Waals surface area contributed by atoms with Gasteiger partial charge in [0.05, 0.1) is 11.9 Å². The van der Waals surface area contributed by atoms with E-state index in [4.69, 9.17) is 0 Å². The number of piperazine rings is 1. The number of amides is 2. The van der Waals surface area contributed by atoms with E-state index in [0.717, 1.165) is 12.8 Å². The number of carbonyl (C=O) groups is 2. The van der Waals surface area contributed by atoms with Crippen LogP contribution in [0.5, 0.6) is 0 Å². The quantitative estimate of drug-likeness (QED) is 0.693. The monoisotopic (exact) mass is 383 g/mol. The lowest BCUT2D eigenvalue weighted by Crippen LogP contribution is -2.53. The van der Waals surface area contributed by atoms with Gasteiger partial charge in [-0.05, 0) is 28.8 Å². The van der Waals surface area contributed by atoms with Crippen molar-refractivity contribution in [3.05, 3.63) is 21.0 Å². The van der Waals surface area contributed by atoms with Crippen LogP contribution in [0.25, 0.3) is 0 Å². The molecule has 1 aliphatic carbocycles. The van der Waals surface area contributed by atoms with Gasteiger partial charge in [-0.25, -0.2) is 4.68 Å². The highest BCUT2D eigenvalue weighted by atomic mass is 79.9. The first kappa shape index (κ1) is 16.0. The number of rotatable bonds is 2. The molecule has 2 aliphatic rings. The molecule has 124 valence electrons. The summed E-state index contributed by atoms with van der Waals surface area (Å²) in [6.07, 6.45) is 3.54. The van der Waals surface area contributed by atoms with Gasteiger partial charge in [-0.15, -0.1) is 0 Å². The molecule has 8 nitrogen and oxygen atoms in total. The zero-order chi connectivity index (χ0) is 16.6. The van der Waals surface area contributed by atoms with Crippen LogP contribution in [0.1, 0.15) is 12.8 Å². The average Bonchev–Trinajstić information content (AvgIpc) is 3.36. The molecule has 0 radical (unpaired) electrons. The standard InChI is InChI=1S/C14H18BrN5O3/c1-18-13(22)11(15)10(8-16-18)19-4-6-20(7-5-19)14(23)12(21)17-9-2-3-9/h8-9H,2-7H2,1H3,(H,17,21). The van der Waals surface area contributed by atoms with Gasteiger partial charge < -0.3 is 15.1 Å². The summed E-state index contributed by atoms with van der Waals surface area (Å²) in [6, 6.07) is 0.176. The molecule has 1 aromatic rings. The maximum atomic E-state index is 12.1. The fourth-order valence-electron chi connectivity index (χ4n) is 2.49. The predicted molar refractivity (Wildman–Crippen MR) is 87.1 cm³/mol. The maximum Gasteiger partial charge on any atom is 0.312 e. The Kier molecular flexibility index (Phi) is 4.38. The molecular formula is C14H18BrN5O3. The highest BCUT2D eigenvalue weighted by Crippen LogP contribution is 2.23. The van der Waals surface area contributed by atoms with Crippen molar-refractivity contribution in [1.82, 2.24) is 20.0 Å². The van der Waals surface area contributed by atoms with Crippen LogP contribution in [-0.2, 0) is 16.6 Å². The number of aromatic nitrogens is 2. The number of halogens is 1. The van der Waals surface area contributed by atoms with E-state index in [1.807, 2.05) is 4.90 Å². The van der Waals surface area contributed by atoms with Crippen molar-refractivity contribution in [1.29, 1.82) is 0 Å². The number of nitrogens with zero attached hydrogens (tertiary/aromatic N) is 4. The van der Waals surface area contributed by atoms with Crippen molar-refractivity contribution in [2.75, 3.05) is 31.1 Å². The Balaban J connectivity index is 1.62. The lowest BCUT2D eigenvalue weighted by Gasteiger charge is -2.35. The van der Waals surface area contributed by atoms with Gasteiger partial charge in [-0.3, -0.25) is 14.4 Å². The van der Waals surface area contributed by atoms with Gasteiger partial charge in [0.1, 0.15) is 4.47 Å². The summed E-state index contributed by atoms with van der Waals surface area (Å²) < 4.78 is 1.72. The summed E-state index contributed by atoms with van der Waals surface area (Å²) in [4.78, 5) is 39.3. The second-order valence-electron chi connectivity index (χ2n) is 5.80. The fourth-order valence-corrected chi connectivity index (χ4v) is 3.10. The first-order valence-electron chi connectivity index (χ1n) is 7.54. The van der Waals surface area contributed by atoms with Crippen LogP contribution >= 0.6 is 15.9 Å². The Hall–Kier alpha value is -1.90. The lowest BCUT2D eigenvalue weighted by atomic mass is 10.2. The van der Waals surface area contributed by atoms with Gasteiger partial charge in [0.2, 0.25) is 0 Å². The van der Waals surface area contributed by atoms with Gasteiger partial charge in [0.15, 0.2) is 0 Å². The highest BCUT2D eigenvalue weighted by Gasteiger charge is 2.31. The predicted octanol–water partition coefficient (Wildman–Crippen LogP) is -0.530. The van der Waals surface area contributed by atoms with Crippen molar-refractivity contribution in [3.8, 4) is 0 Å². The minimum absolute atomic E-state index is 0.176. The molecule has 9 heteroatoms. The molecule has 0 bridgehead atoms. The second kappa shape index (κ2) is 6.31. The first-order chi connectivity index (χ1) is 11.0. The average molecular weight is 384 g/mol. The Morgan fingerprint density at radius 3 is 2.52 bits per heavy atom. The summed E-state index contributed by atoms with van der Waals surface area (Å²) in [5.74, 6) is -0.991. The molecule has 1 N–H and O–H groups in total. The number of nitrogens with one attached hydrogen (secondary N) is 1. The van der Waals surface area contributed by atoms with Crippen LogP contribution < -0.4 is 15.8 Å². The summed E-state index contributed by atoms with van der Waals surface area (Å²) in [6.45, 7) is 1.99. The molecule has 2 fully saturated rings. The van der Waals surface area contributed by atoms with E-state index in [1.165, 1.54) is 4.68 Å². The van der Waals surface area contributed by atoms with Gasteiger partial charge in [-0.1, -0.05) is 0 Å². The third-order valence-corrected chi connectivity index (χ3v) is 4.82. The van der Waals surface area contributed by atoms with Crippen LogP contribution in [0, 0.1) is 0 Å². The summed E-state index contributed by atoms with van der Waals surface area (Å²) in [7, 11) is 1.59. The van der Waals surface area contributed by atoms with E-state index in [-0.39, 0.29) is 11.6 Å². The Labute approximate surface area is 141 Å². The minimum atomic E-state index is -0.516. The van der Waals surface area contributed by atoms with E-state index in [9.17, 15) is 14.4 Å². The summed E-state index contributed by atoms with van der Waals surface area (Å²) >= 11 is 3.31. The highest BCUT2D eigenvalue weighted by molar-refractivity contribution is 9.10. The van der Waals surface area contributed by atoms with Gasteiger partial charge in [0.25, 0.3) is 5.56 Å². The lowest BCUT2D eigenvalue weighted by molar-refractivity contribution is -0.146. The SMILES string of the molecule is Cn1ncc(N2CCN(C(=O)C(=O)NC3CC3)CC2)c(Br)c1=O. The Bertz CT molecular complexity index is 692. The molecule has 0 aromatic carbocycles. The van der Waals surface area contributed by atoms with Crippen LogP contribution in [-0.4, -0.2) is 58.7 Å². The molecule has 23 heavy (non-hydrogen) atoms. The van der Waals surface area contributed by atoms with Crippen molar-refractivity contribution < 1.29 is 9.59 Å². The molecule has 1 saturated heterocycles. The van der Waals surface area contributed by atoms with Crippen LogP contribution in [0.3, 0.4) is 0 Å². The van der Waals surface area contributed by atoms with Gasteiger partial charge in [-0.2, -0.15) is 5.10 Å². The Morgan fingerprint density at radius 2 is 1.91 bits per heavy atom. The van der Waals surface area contributed by atoms with E-state index in [1.54, 1.807) is 18.1 Å². The van der Waals surface area contributed by atoms with Crippen LogP contribution in [0.15, 0.2) is 15.5 Å². The van der Waals surface area contributed by atoms with Crippen molar-refractivity contribution in [3.63, 3.8) is 0 Å². The zero-order valence-electron chi connectivity index (χ0n) is 12.8. The third kappa shape index (κ3) is 3.39. The molecule has 0 atom stereocenters. The van der Waals surface area contributed by atoms with Crippen LogP contribution in [0.2, 0.25) is 0 Å². The van der Waals surface area contributed by atoms with E-state index in [0.29, 0.717) is 36.3 Å². The molecule has 2 amide bonds. The summed E-state index contributed by atoms with van der Waals surface area (Å²) in [5, 5.41) is 6.74. The zero-order valence-corrected chi connectivity index (χ0v) is 14.4. The topological polar surface area (TPSA) is 87.5 Å². The number of aryl methyl sites for hydroxylation is 1. The Morgan fingerprint density at radius 1 is 1.26 bits per heavy atom. The fraction of sp³-hybridized carbons (Fsp3) is 0.571. The number of carbonyl (C=O) groups excluding carboxylic acids is 2. The van der Waals surface area contributed by atoms with Crippen molar-refractivity contribution in [2.24, 2.45) is 7.05 Å². The van der Waals surface area contributed by atoms with E-state index >= 15 is 0 Å². The third-order valence-electron chi connectivity index (χ3n) is 4.07. The minimum Gasteiger partial charge on any atom is -0.366 e. The largest absolute Gasteiger partial charge is 0.366 e. The molecule has 1 aliphatic heterocycles. The second-order valence-corrected chi connectivity index (χ2v) is 6.59. The summed E-state index contributed by atoms with van der Waals surface area (Å²) in [5.41, 5.74) is 0.507. The molecule has 2 heterocycles. The smallest absolute Gasteiger partial charge is 0.312 e. The van der Waals surface area contributed by atoms with E-state index < -0.39 is 11.8 Å². The first-order valence-corrected chi connectivity index (χ1v) is 8.33. The van der Waals surface area contributed by atoms with Crippen molar-refractivity contribution >= 4 is 33.4 Å². The maximum absolute atomic E-state index is 12.1. The van der Waals surface area contributed by atoms with Gasteiger partial charge >= 0.3 is 11.8 Å². The van der Waals surface area contributed by atoms with E-state index in [2.05, 4.69) is 26.3 Å². The molecule has 0 spiro atoms. The number of hydrogen-bond donors (Lipinski definition) is 1. The molecule has 1 aromatic heterocycles. The van der Waals surface area contributed by atoms with Gasteiger partial charge in [0, 0.05) is 39.3 Å². The molecule has 0 unspecified atom stereocenters. The van der Waals surface area contributed by atoms with Crippen molar-refractivity contribution in [2.45, 2.75) is 18.9 Å². The van der Waals surface area contributed by atoms with Crippen LogP contribution in [0.4, 0.5) is 5.69 Å². The number of hydrogen-bond acceptors (Lipinski definition) is 5.